The number of pyridine rings is 1. The molecule has 0 aliphatic heterocycles. The van der Waals surface area contributed by atoms with E-state index in [1.165, 1.54) is 5.56 Å². The Morgan fingerprint density at radius 3 is 2.56 bits per heavy atom. The van der Waals surface area contributed by atoms with Crippen LogP contribution in [0.25, 0.3) is 33.7 Å². The standard InChI is InChI=1S/C20H17N3O2/c1-12(2)13-7-9-14(10-8-13)19-22-20(25-23-19)16-11-21-17-6-4-3-5-15(17)18(16)24/h3-12H,1-2H3,(H,21,24). The van der Waals surface area contributed by atoms with E-state index in [9.17, 15) is 4.79 Å². The highest BCUT2D eigenvalue weighted by Crippen LogP contribution is 2.23. The molecule has 2 aromatic carbocycles. The Morgan fingerprint density at radius 2 is 1.80 bits per heavy atom. The molecule has 4 rings (SSSR count). The largest absolute Gasteiger partial charge is 0.360 e. The lowest BCUT2D eigenvalue weighted by Gasteiger charge is -2.04. The molecule has 0 saturated heterocycles. The van der Waals surface area contributed by atoms with Gasteiger partial charge in [0.1, 0.15) is 5.56 Å². The van der Waals surface area contributed by atoms with Crippen molar-refractivity contribution < 1.29 is 4.52 Å². The monoisotopic (exact) mass is 331 g/mol. The van der Waals surface area contributed by atoms with Crippen LogP contribution in [0, 0.1) is 0 Å². The summed E-state index contributed by atoms with van der Waals surface area (Å²) in [7, 11) is 0. The summed E-state index contributed by atoms with van der Waals surface area (Å²) >= 11 is 0. The fraction of sp³-hybridized carbons (Fsp3) is 0.150. The number of benzene rings is 2. The summed E-state index contributed by atoms with van der Waals surface area (Å²) in [4.78, 5) is 20.1. The maximum absolute atomic E-state index is 12.6. The number of nitrogens with one attached hydrogen (secondary N) is 1. The number of hydrogen-bond donors (Lipinski definition) is 1. The van der Waals surface area contributed by atoms with Crippen molar-refractivity contribution in [1.29, 1.82) is 0 Å². The fourth-order valence-electron chi connectivity index (χ4n) is 2.79. The summed E-state index contributed by atoms with van der Waals surface area (Å²) in [5.41, 5.74) is 3.13. The molecule has 0 radical (unpaired) electrons. The van der Waals surface area contributed by atoms with Gasteiger partial charge in [-0.15, -0.1) is 0 Å². The van der Waals surface area contributed by atoms with Crippen LogP contribution < -0.4 is 5.43 Å². The normalized spacial score (nSPS) is 11.3. The molecule has 1 N–H and O–H groups in total. The van der Waals surface area contributed by atoms with Gasteiger partial charge in [0, 0.05) is 22.7 Å². The molecule has 0 aliphatic rings. The zero-order chi connectivity index (χ0) is 17.4. The van der Waals surface area contributed by atoms with Crippen LogP contribution in [0.1, 0.15) is 25.3 Å². The molecule has 0 spiro atoms. The molecule has 5 nitrogen and oxygen atoms in total. The van der Waals surface area contributed by atoms with Crippen molar-refractivity contribution in [3.63, 3.8) is 0 Å². The van der Waals surface area contributed by atoms with Gasteiger partial charge in [-0.25, -0.2) is 0 Å². The Morgan fingerprint density at radius 1 is 1.04 bits per heavy atom. The van der Waals surface area contributed by atoms with Crippen molar-refractivity contribution in [2.75, 3.05) is 0 Å². The first-order valence-corrected chi connectivity index (χ1v) is 8.18. The summed E-state index contributed by atoms with van der Waals surface area (Å²) in [6, 6.07) is 15.4. The summed E-state index contributed by atoms with van der Waals surface area (Å²) in [5, 5.41) is 4.62. The molecule has 2 aromatic heterocycles. The van der Waals surface area contributed by atoms with E-state index in [0.717, 1.165) is 11.1 Å². The second-order valence-corrected chi connectivity index (χ2v) is 6.28. The smallest absolute Gasteiger partial charge is 0.263 e. The zero-order valence-electron chi connectivity index (χ0n) is 14.0. The van der Waals surface area contributed by atoms with Gasteiger partial charge in [0.2, 0.25) is 11.3 Å². The molecule has 5 heteroatoms. The Hall–Kier alpha value is -3.21. The minimum Gasteiger partial charge on any atom is -0.360 e. The van der Waals surface area contributed by atoms with Crippen molar-refractivity contribution in [2.45, 2.75) is 19.8 Å². The Kier molecular flexibility index (Phi) is 3.69. The Bertz CT molecular complexity index is 1090. The highest BCUT2D eigenvalue weighted by Gasteiger charge is 2.15. The first-order chi connectivity index (χ1) is 12.1. The van der Waals surface area contributed by atoms with Gasteiger partial charge in [0.15, 0.2) is 0 Å². The number of hydrogen-bond acceptors (Lipinski definition) is 4. The van der Waals surface area contributed by atoms with Gasteiger partial charge >= 0.3 is 0 Å². The SMILES string of the molecule is CC(C)c1ccc(-c2noc(-c3c[nH]c4ccccc4c3=O)n2)cc1. The molecule has 0 amide bonds. The number of fused-ring (bicyclic) bond motifs is 1. The Labute approximate surface area is 144 Å². The van der Waals surface area contributed by atoms with Crippen molar-refractivity contribution in [1.82, 2.24) is 15.1 Å². The second kappa shape index (κ2) is 6.02. The number of rotatable bonds is 3. The molecule has 2 heterocycles. The lowest BCUT2D eigenvalue weighted by molar-refractivity contribution is 0.432. The van der Waals surface area contributed by atoms with E-state index in [1.807, 2.05) is 30.3 Å². The van der Waals surface area contributed by atoms with Crippen LogP contribution in [0.4, 0.5) is 0 Å². The van der Waals surface area contributed by atoms with Gasteiger partial charge < -0.3 is 9.51 Å². The van der Waals surface area contributed by atoms with Gasteiger partial charge in [0.05, 0.1) is 0 Å². The second-order valence-electron chi connectivity index (χ2n) is 6.28. The molecule has 0 bridgehead atoms. The van der Waals surface area contributed by atoms with E-state index in [2.05, 4.69) is 41.1 Å². The van der Waals surface area contributed by atoms with Crippen molar-refractivity contribution in [3.05, 3.63) is 70.5 Å². The van der Waals surface area contributed by atoms with Gasteiger partial charge in [-0.2, -0.15) is 4.98 Å². The average Bonchev–Trinajstić information content (AvgIpc) is 3.12. The van der Waals surface area contributed by atoms with E-state index < -0.39 is 0 Å². The fourth-order valence-corrected chi connectivity index (χ4v) is 2.79. The third-order valence-electron chi connectivity index (χ3n) is 4.28. The molecule has 25 heavy (non-hydrogen) atoms. The predicted molar refractivity (Wildman–Crippen MR) is 97.4 cm³/mol. The van der Waals surface area contributed by atoms with Gasteiger partial charge in [-0.05, 0) is 23.6 Å². The molecule has 0 aliphatic carbocycles. The van der Waals surface area contributed by atoms with Crippen molar-refractivity contribution in [3.8, 4) is 22.8 Å². The van der Waals surface area contributed by atoms with Crippen LogP contribution in [0.2, 0.25) is 0 Å². The molecular weight excluding hydrogens is 314 g/mol. The predicted octanol–water partition coefficient (Wildman–Crippen LogP) is 4.37. The molecule has 124 valence electrons. The van der Waals surface area contributed by atoms with E-state index in [-0.39, 0.29) is 11.3 Å². The van der Waals surface area contributed by atoms with Crippen LogP contribution in [0.3, 0.4) is 0 Å². The lowest BCUT2D eigenvalue weighted by atomic mass is 10.0. The van der Waals surface area contributed by atoms with E-state index >= 15 is 0 Å². The van der Waals surface area contributed by atoms with Crippen LogP contribution in [0.5, 0.6) is 0 Å². The number of H-pyrrole nitrogens is 1. The summed E-state index contributed by atoms with van der Waals surface area (Å²) in [6.07, 6.45) is 1.61. The Balaban J connectivity index is 1.74. The van der Waals surface area contributed by atoms with Gasteiger partial charge in [-0.1, -0.05) is 55.4 Å². The van der Waals surface area contributed by atoms with Gasteiger partial charge in [-0.3, -0.25) is 4.79 Å². The first kappa shape index (κ1) is 15.3. The quantitative estimate of drug-likeness (QED) is 0.605. The summed E-state index contributed by atoms with van der Waals surface area (Å²) in [6.45, 7) is 4.29. The lowest BCUT2D eigenvalue weighted by Crippen LogP contribution is -2.06. The third kappa shape index (κ3) is 2.74. The van der Waals surface area contributed by atoms with Crippen molar-refractivity contribution in [2.24, 2.45) is 0 Å². The molecule has 0 atom stereocenters. The minimum absolute atomic E-state index is 0.125. The number of aromatic nitrogens is 3. The van der Waals surface area contributed by atoms with E-state index in [0.29, 0.717) is 22.7 Å². The number of para-hydroxylation sites is 1. The first-order valence-electron chi connectivity index (χ1n) is 8.18. The third-order valence-corrected chi connectivity index (χ3v) is 4.28. The number of nitrogens with zero attached hydrogens (tertiary/aromatic N) is 2. The maximum atomic E-state index is 12.6. The summed E-state index contributed by atoms with van der Waals surface area (Å²) < 4.78 is 5.33. The van der Waals surface area contributed by atoms with Crippen LogP contribution in [0.15, 0.2) is 64.0 Å². The highest BCUT2D eigenvalue weighted by molar-refractivity contribution is 5.82. The van der Waals surface area contributed by atoms with E-state index in [1.54, 1.807) is 12.3 Å². The molecule has 4 aromatic rings. The van der Waals surface area contributed by atoms with Crippen molar-refractivity contribution >= 4 is 10.9 Å². The summed E-state index contributed by atoms with van der Waals surface area (Å²) in [5.74, 6) is 1.15. The van der Waals surface area contributed by atoms with Gasteiger partial charge in [0.25, 0.3) is 5.89 Å². The average molecular weight is 331 g/mol. The topological polar surface area (TPSA) is 71.8 Å². The molecule has 0 fully saturated rings. The van der Waals surface area contributed by atoms with Crippen LogP contribution >= 0.6 is 0 Å². The molecule has 0 saturated carbocycles. The van der Waals surface area contributed by atoms with Crippen LogP contribution in [-0.2, 0) is 0 Å². The molecule has 0 unspecified atom stereocenters. The molecular formula is C20H17N3O2. The number of aromatic amines is 1. The maximum Gasteiger partial charge on any atom is 0.263 e. The highest BCUT2D eigenvalue weighted by atomic mass is 16.5. The minimum atomic E-state index is -0.125. The van der Waals surface area contributed by atoms with E-state index in [4.69, 9.17) is 4.52 Å². The van der Waals surface area contributed by atoms with Crippen LogP contribution in [-0.4, -0.2) is 15.1 Å². The zero-order valence-corrected chi connectivity index (χ0v) is 14.0.